The molecule has 174 valence electrons. The van der Waals surface area contributed by atoms with Crippen molar-refractivity contribution in [3.63, 3.8) is 0 Å². The van der Waals surface area contributed by atoms with Gasteiger partial charge in [0, 0.05) is 10.0 Å². The number of furan rings is 1. The van der Waals surface area contributed by atoms with Crippen LogP contribution in [0.5, 0.6) is 5.75 Å². The Bertz CT molecular complexity index is 1480. The van der Waals surface area contributed by atoms with Gasteiger partial charge in [-0.15, -0.1) is 0 Å². The molecule has 2 heterocycles. The van der Waals surface area contributed by atoms with E-state index in [0.29, 0.717) is 23.7 Å². The lowest BCUT2D eigenvalue weighted by Crippen LogP contribution is -2.53. The summed E-state index contributed by atoms with van der Waals surface area (Å²) in [6.45, 7) is 0.206. The van der Waals surface area contributed by atoms with E-state index in [0.717, 1.165) is 25.7 Å². The van der Waals surface area contributed by atoms with E-state index < -0.39 is 17.8 Å². The van der Waals surface area contributed by atoms with Gasteiger partial charge >= 0.3 is 6.03 Å². The van der Waals surface area contributed by atoms with Crippen LogP contribution in [0.15, 0.2) is 93.5 Å². The number of hydrogen-bond acceptors (Lipinski definition) is 5. The second-order valence-corrected chi connectivity index (χ2v) is 8.86. The molecule has 0 aliphatic carbocycles. The van der Waals surface area contributed by atoms with E-state index in [4.69, 9.17) is 9.15 Å². The summed E-state index contributed by atoms with van der Waals surface area (Å²) in [4.78, 5) is 38.8. The third-order valence-electron chi connectivity index (χ3n) is 5.56. The van der Waals surface area contributed by atoms with Gasteiger partial charge in [0.1, 0.15) is 23.7 Å². The monoisotopic (exact) mass is 530 g/mol. The molecule has 0 radical (unpaired) electrons. The van der Waals surface area contributed by atoms with Crippen LogP contribution in [-0.4, -0.2) is 22.7 Å². The predicted molar refractivity (Wildman–Crippen MR) is 133 cm³/mol. The van der Waals surface area contributed by atoms with E-state index in [2.05, 4.69) is 27.3 Å². The Kier molecular flexibility index (Phi) is 6.20. The number of barbiturate groups is 1. The van der Waals surface area contributed by atoms with Crippen LogP contribution in [0.3, 0.4) is 0 Å². The van der Waals surface area contributed by atoms with Gasteiger partial charge in [0.2, 0.25) is 0 Å². The SMILES string of the molecule is O=C1NC(=O)N(Cc2ccco2)C(=O)/C1=C/c1cc(Br)ccc1OCc1ccc2ccccc2c1. The van der Waals surface area contributed by atoms with Gasteiger partial charge in [-0.1, -0.05) is 52.3 Å². The molecule has 0 bridgehead atoms. The number of nitrogens with zero attached hydrogens (tertiary/aromatic N) is 1. The number of nitrogens with one attached hydrogen (secondary N) is 1. The van der Waals surface area contributed by atoms with Crippen molar-refractivity contribution in [3.05, 3.63) is 106 Å². The molecule has 35 heavy (non-hydrogen) atoms. The van der Waals surface area contributed by atoms with Crippen molar-refractivity contribution in [2.24, 2.45) is 0 Å². The number of hydrogen-bond donors (Lipinski definition) is 1. The highest BCUT2D eigenvalue weighted by Gasteiger charge is 2.36. The van der Waals surface area contributed by atoms with Crippen molar-refractivity contribution in [3.8, 4) is 5.75 Å². The highest BCUT2D eigenvalue weighted by atomic mass is 79.9. The number of amides is 4. The van der Waals surface area contributed by atoms with Crippen LogP contribution in [0.2, 0.25) is 0 Å². The van der Waals surface area contributed by atoms with Crippen molar-refractivity contribution < 1.29 is 23.5 Å². The maximum absolute atomic E-state index is 13.1. The number of urea groups is 1. The van der Waals surface area contributed by atoms with Gasteiger partial charge in [-0.2, -0.15) is 0 Å². The maximum Gasteiger partial charge on any atom is 0.331 e. The predicted octanol–water partition coefficient (Wildman–Crippen LogP) is 5.44. The Morgan fingerprint density at radius 2 is 1.77 bits per heavy atom. The molecule has 4 aromatic rings. The first-order chi connectivity index (χ1) is 17.0. The van der Waals surface area contributed by atoms with Gasteiger partial charge in [0.15, 0.2) is 0 Å². The maximum atomic E-state index is 13.1. The lowest BCUT2D eigenvalue weighted by Gasteiger charge is -2.25. The van der Waals surface area contributed by atoms with Gasteiger partial charge in [0.25, 0.3) is 11.8 Å². The highest BCUT2D eigenvalue weighted by Crippen LogP contribution is 2.28. The van der Waals surface area contributed by atoms with Gasteiger partial charge in [-0.05, 0) is 58.8 Å². The summed E-state index contributed by atoms with van der Waals surface area (Å²) in [5, 5.41) is 4.46. The molecule has 1 aliphatic rings. The van der Waals surface area contributed by atoms with Crippen LogP contribution in [0.4, 0.5) is 4.79 Å². The fourth-order valence-electron chi connectivity index (χ4n) is 3.80. The fourth-order valence-corrected chi connectivity index (χ4v) is 4.18. The third kappa shape index (κ3) is 4.88. The van der Waals surface area contributed by atoms with E-state index in [-0.39, 0.29) is 12.1 Å². The summed E-state index contributed by atoms with van der Waals surface area (Å²) < 4.78 is 12.1. The van der Waals surface area contributed by atoms with Crippen LogP contribution in [-0.2, 0) is 22.7 Å². The van der Waals surface area contributed by atoms with Crippen molar-refractivity contribution in [1.29, 1.82) is 0 Å². The van der Waals surface area contributed by atoms with E-state index in [1.54, 1.807) is 24.3 Å². The Labute approximate surface area is 209 Å². The molecule has 5 rings (SSSR count). The molecule has 0 atom stereocenters. The average molecular weight is 531 g/mol. The molecule has 0 unspecified atom stereocenters. The number of ether oxygens (including phenoxy) is 1. The zero-order chi connectivity index (χ0) is 24.4. The number of carbonyl (C=O) groups excluding carboxylic acids is 3. The number of fused-ring (bicyclic) bond motifs is 1. The molecule has 1 N–H and O–H groups in total. The van der Waals surface area contributed by atoms with Gasteiger partial charge < -0.3 is 9.15 Å². The number of rotatable bonds is 6. The summed E-state index contributed by atoms with van der Waals surface area (Å²) >= 11 is 3.43. The minimum atomic E-state index is -0.796. The minimum absolute atomic E-state index is 0.0912. The number of halogens is 1. The summed E-state index contributed by atoms with van der Waals surface area (Å²) in [6.07, 6.45) is 2.88. The van der Waals surface area contributed by atoms with E-state index in [1.807, 2.05) is 42.5 Å². The molecule has 1 saturated heterocycles. The molecule has 4 amide bonds. The largest absolute Gasteiger partial charge is 0.488 e. The fraction of sp³-hybridized carbons (Fsp3) is 0.0741. The quantitative estimate of drug-likeness (QED) is 0.265. The lowest BCUT2D eigenvalue weighted by atomic mass is 10.1. The summed E-state index contributed by atoms with van der Waals surface area (Å²) in [5.41, 5.74) is 1.32. The summed E-state index contributed by atoms with van der Waals surface area (Å²) in [5.74, 6) is -0.570. The van der Waals surface area contributed by atoms with Crippen LogP contribution >= 0.6 is 15.9 Å². The topological polar surface area (TPSA) is 88.9 Å². The lowest BCUT2D eigenvalue weighted by molar-refractivity contribution is -0.130. The molecule has 0 spiro atoms. The standard InChI is InChI=1S/C27H19BrN2O5/c28-21-9-10-24(35-16-17-7-8-18-4-1-2-5-19(18)12-17)20(13-21)14-23-25(31)29-27(33)30(26(23)32)15-22-6-3-11-34-22/h1-14H,15-16H2,(H,29,31,33)/b23-14+. The van der Waals surface area contributed by atoms with E-state index >= 15 is 0 Å². The molecule has 3 aromatic carbocycles. The number of imide groups is 2. The first-order valence-corrected chi connectivity index (χ1v) is 11.6. The number of carbonyl (C=O) groups is 3. The second-order valence-electron chi connectivity index (χ2n) is 7.94. The van der Waals surface area contributed by atoms with Gasteiger partial charge in [0.05, 0.1) is 12.8 Å². The molecule has 1 aliphatic heterocycles. The third-order valence-corrected chi connectivity index (χ3v) is 6.05. The molecule has 1 fully saturated rings. The normalized spacial score (nSPS) is 15.1. The molecule has 0 saturated carbocycles. The van der Waals surface area contributed by atoms with E-state index in [9.17, 15) is 14.4 Å². The van der Waals surface area contributed by atoms with E-state index in [1.165, 1.54) is 12.3 Å². The Morgan fingerprint density at radius 3 is 2.57 bits per heavy atom. The number of benzene rings is 3. The van der Waals surface area contributed by atoms with Crippen LogP contribution in [0, 0.1) is 0 Å². The highest BCUT2D eigenvalue weighted by molar-refractivity contribution is 9.10. The summed E-state index contributed by atoms with van der Waals surface area (Å²) in [6, 6.07) is 22.0. The van der Waals surface area contributed by atoms with Crippen LogP contribution in [0.25, 0.3) is 16.8 Å². The van der Waals surface area contributed by atoms with Crippen molar-refractivity contribution in [2.75, 3.05) is 0 Å². The molecule has 1 aromatic heterocycles. The second kappa shape index (κ2) is 9.60. The Balaban J connectivity index is 1.42. The zero-order valence-corrected chi connectivity index (χ0v) is 19.9. The molecule has 7 nitrogen and oxygen atoms in total. The molecular formula is C27H19BrN2O5. The first-order valence-electron chi connectivity index (χ1n) is 10.8. The van der Waals surface area contributed by atoms with Crippen molar-refractivity contribution in [1.82, 2.24) is 10.2 Å². The smallest absolute Gasteiger partial charge is 0.331 e. The van der Waals surface area contributed by atoms with Crippen molar-refractivity contribution >= 4 is 50.6 Å². The molecule has 8 heteroatoms. The summed E-state index contributed by atoms with van der Waals surface area (Å²) in [7, 11) is 0. The minimum Gasteiger partial charge on any atom is -0.488 e. The average Bonchev–Trinajstić information content (AvgIpc) is 3.37. The van der Waals surface area contributed by atoms with Gasteiger partial charge in [-0.25, -0.2) is 4.79 Å². The van der Waals surface area contributed by atoms with Crippen LogP contribution in [0.1, 0.15) is 16.9 Å². The zero-order valence-electron chi connectivity index (χ0n) is 18.4. The Hall–Kier alpha value is -4.17. The molecular weight excluding hydrogens is 512 g/mol. The first kappa shape index (κ1) is 22.6. The van der Waals surface area contributed by atoms with Gasteiger partial charge in [-0.3, -0.25) is 19.8 Å². The Morgan fingerprint density at radius 1 is 0.943 bits per heavy atom. The van der Waals surface area contributed by atoms with Crippen molar-refractivity contribution in [2.45, 2.75) is 13.2 Å². The van der Waals surface area contributed by atoms with Crippen LogP contribution < -0.4 is 10.1 Å².